The minimum Gasteiger partial charge on any atom is -0.482 e. The molecule has 0 radical (unpaired) electrons. The number of nitrogens with one attached hydrogen (secondary N) is 1. The molecule has 0 saturated carbocycles. The maximum absolute atomic E-state index is 11.6. The molecular weight excluding hydrogens is 252 g/mol. The number of nitrogens with zero attached hydrogens (tertiary/aromatic N) is 1. The standard InChI is InChI=1S/C12H14N2O3S/c1-2-17-12-8-11(14-18(12,15)16)13-9-10-6-4-3-5-7-10/h3-8H,2,9H2,1H3,(H,13,14). The highest BCUT2D eigenvalue weighted by atomic mass is 32.2. The molecule has 0 saturated heterocycles. The Labute approximate surface area is 106 Å². The van der Waals surface area contributed by atoms with Crippen molar-refractivity contribution in [1.82, 2.24) is 4.72 Å². The van der Waals surface area contributed by atoms with E-state index >= 15 is 0 Å². The maximum Gasteiger partial charge on any atom is 0.296 e. The van der Waals surface area contributed by atoms with Crippen LogP contribution in [0.2, 0.25) is 0 Å². The van der Waals surface area contributed by atoms with Gasteiger partial charge in [-0.25, -0.2) is 0 Å². The average Bonchev–Trinajstić information content (AvgIpc) is 2.64. The third kappa shape index (κ3) is 2.89. The largest absolute Gasteiger partial charge is 0.482 e. The molecular formula is C12H14N2O3S. The third-order valence-corrected chi connectivity index (χ3v) is 3.56. The lowest BCUT2D eigenvalue weighted by Gasteiger charge is -2.02. The molecule has 1 aliphatic rings. The maximum atomic E-state index is 11.6. The van der Waals surface area contributed by atoms with Crippen molar-refractivity contribution in [3.63, 3.8) is 0 Å². The number of ether oxygens (including phenoxy) is 1. The molecule has 96 valence electrons. The SMILES string of the molecule is CCOC1=CC(=NCc2ccccc2)NS1(=O)=O. The van der Waals surface area contributed by atoms with Gasteiger partial charge in [-0.05, 0) is 12.5 Å². The van der Waals surface area contributed by atoms with Crippen LogP contribution in [0.4, 0.5) is 0 Å². The van der Waals surface area contributed by atoms with Crippen LogP contribution in [0.25, 0.3) is 0 Å². The van der Waals surface area contributed by atoms with Crippen LogP contribution >= 0.6 is 0 Å². The van der Waals surface area contributed by atoms with Gasteiger partial charge in [0.25, 0.3) is 10.0 Å². The van der Waals surface area contributed by atoms with Crippen LogP contribution in [0.5, 0.6) is 0 Å². The summed E-state index contributed by atoms with van der Waals surface area (Å²) in [5.41, 5.74) is 1.02. The van der Waals surface area contributed by atoms with Crippen molar-refractivity contribution in [3.8, 4) is 0 Å². The predicted octanol–water partition coefficient (Wildman–Crippen LogP) is 1.40. The van der Waals surface area contributed by atoms with Crippen molar-refractivity contribution in [2.75, 3.05) is 6.61 Å². The molecule has 0 atom stereocenters. The fourth-order valence-corrected chi connectivity index (χ4v) is 2.55. The topological polar surface area (TPSA) is 67.8 Å². The predicted molar refractivity (Wildman–Crippen MR) is 69.3 cm³/mol. The molecule has 0 aromatic heterocycles. The van der Waals surface area contributed by atoms with Gasteiger partial charge in [-0.1, -0.05) is 30.3 Å². The number of hydrogen-bond acceptors (Lipinski definition) is 4. The lowest BCUT2D eigenvalue weighted by Crippen LogP contribution is -2.23. The first-order chi connectivity index (χ1) is 8.62. The van der Waals surface area contributed by atoms with Gasteiger partial charge in [0.2, 0.25) is 5.09 Å². The third-order valence-electron chi connectivity index (χ3n) is 2.32. The normalized spacial score (nSPS) is 19.4. The summed E-state index contributed by atoms with van der Waals surface area (Å²) in [5, 5.41) is -0.0724. The summed E-state index contributed by atoms with van der Waals surface area (Å²) < 4.78 is 30.5. The van der Waals surface area contributed by atoms with Gasteiger partial charge in [0, 0.05) is 6.08 Å². The van der Waals surface area contributed by atoms with Gasteiger partial charge in [-0.3, -0.25) is 9.71 Å². The van der Waals surface area contributed by atoms with E-state index in [1.54, 1.807) is 6.92 Å². The highest BCUT2D eigenvalue weighted by Gasteiger charge is 2.27. The fraction of sp³-hybridized carbons (Fsp3) is 0.250. The summed E-state index contributed by atoms with van der Waals surface area (Å²) in [7, 11) is -3.54. The van der Waals surface area contributed by atoms with Gasteiger partial charge in [0.15, 0.2) is 0 Å². The molecule has 0 spiro atoms. The number of sulfonamides is 1. The van der Waals surface area contributed by atoms with Crippen molar-refractivity contribution in [3.05, 3.63) is 47.1 Å². The fourth-order valence-electron chi connectivity index (χ4n) is 1.51. The highest BCUT2D eigenvalue weighted by molar-refractivity contribution is 7.94. The van der Waals surface area contributed by atoms with Crippen LogP contribution in [0.3, 0.4) is 0 Å². The number of hydrogen-bond donors (Lipinski definition) is 1. The van der Waals surface area contributed by atoms with Gasteiger partial charge < -0.3 is 4.74 Å². The Kier molecular flexibility index (Phi) is 3.66. The zero-order valence-corrected chi connectivity index (χ0v) is 10.8. The first-order valence-corrected chi connectivity index (χ1v) is 7.06. The quantitative estimate of drug-likeness (QED) is 0.895. The Hall–Kier alpha value is -1.82. The van der Waals surface area contributed by atoms with E-state index in [1.165, 1.54) is 6.08 Å². The van der Waals surface area contributed by atoms with Crippen LogP contribution in [0, 0.1) is 0 Å². The minimum atomic E-state index is -3.54. The van der Waals surface area contributed by atoms with Crippen LogP contribution in [-0.2, 0) is 21.3 Å². The van der Waals surface area contributed by atoms with Gasteiger partial charge in [0.1, 0.15) is 5.84 Å². The van der Waals surface area contributed by atoms with Crippen molar-refractivity contribution < 1.29 is 13.2 Å². The second-order valence-electron chi connectivity index (χ2n) is 3.69. The van der Waals surface area contributed by atoms with E-state index < -0.39 is 10.0 Å². The van der Waals surface area contributed by atoms with E-state index in [4.69, 9.17) is 4.74 Å². The van der Waals surface area contributed by atoms with Crippen LogP contribution in [0.15, 0.2) is 46.5 Å². The van der Waals surface area contributed by atoms with Crippen molar-refractivity contribution >= 4 is 15.9 Å². The van der Waals surface area contributed by atoms with Crippen LogP contribution < -0.4 is 4.72 Å². The van der Waals surface area contributed by atoms with E-state index in [9.17, 15) is 8.42 Å². The minimum absolute atomic E-state index is 0.0724. The Bertz CT molecular complexity index is 577. The molecule has 5 nitrogen and oxygen atoms in total. The molecule has 0 fully saturated rings. The monoisotopic (exact) mass is 266 g/mol. The second-order valence-corrected chi connectivity index (χ2v) is 5.30. The number of rotatable bonds is 4. The summed E-state index contributed by atoms with van der Waals surface area (Å²) >= 11 is 0. The molecule has 0 unspecified atom stereocenters. The molecule has 1 aromatic carbocycles. The molecule has 0 bridgehead atoms. The molecule has 0 amide bonds. The van der Waals surface area contributed by atoms with E-state index in [-0.39, 0.29) is 5.09 Å². The summed E-state index contributed by atoms with van der Waals surface area (Å²) in [6, 6.07) is 9.61. The Balaban J connectivity index is 2.12. The summed E-state index contributed by atoms with van der Waals surface area (Å²) in [4.78, 5) is 4.19. The molecule has 1 heterocycles. The lowest BCUT2D eigenvalue weighted by molar-refractivity contribution is 0.253. The van der Waals surface area contributed by atoms with E-state index in [2.05, 4.69) is 9.71 Å². The number of benzene rings is 1. The van der Waals surface area contributed by atoms with E-state index in [1.807, 2.05) is 30.3 Å². The summed E-state index contributed by atoms with van der Waals surface area (Å²) in [6.45, 7) is 2.46. The Morgan fingerprint density at radius 2 is 2.00 bits per heavy atom. The van der Waals surface area contributed by atoms with Gasteiger partial charge in [-0.2, -0.15) is 8.42 Å². The lowest BCUT2D eigenvalue weighted by atomic mass is 10.2. The highest BCUT2D eigenvalue weighted by Crippen LogP contribution is 2.13. The molecule has 18 heavy (non-hydrogen) atoms. The molecule has 2 rings (SSSR count). The van der Waals surface area contributed by atoms with Crippen molar-refractivity contribution in [2.45, 2.75) is 13.5 Å². The second kappa shape index (κ2) is 5.22. The molecule has 1 aliphatic heterocycles. The smallest absolute Gasteiger partial charge is 0.296 e. The van der Waals surface area contributed by atoms with Crippen LogP contribution in [0.1, 0.15) is 12.5 Å². The Morgan fingerprint density at radius 1 is 1.28 bits per heavy atom. The zero-order chi connectivity index (χ0) is 13.0. The van der Waals surface area contributed by atoms with E-state index in [0.29, 0.717) is 19.0 Å². The van der Waals surface area contributed by atoms with Crippen molar-refractivity contribution in [1.29, 1.82) is 0 Å². The van der Waals surface area contributed by atoms with Crippen molar-refractivity contribution in [2.24, 2.45) is 4.99 Å². The molecule has 0 aliphatic carbocycles. The van der Waals surface area contributed by atoms with E-state index in [0.717, 1.165) is 5.56 Å². The molecule has 1 aromatic rings. The van der Waals surface area contributed by atoms with Gasteiger partial charge in [0.05, 0.1) is 13.2 Å². The molecule has 1 N–H and O–H groups in total. The zero-order valence-electron chi connectivity index (χ0n) is 9.96. The Morgan fingerprint density at radius 3 is 2.67 bits per heavy atom. The average molecular weight is 266 g/mol. The summed E-state index contributed by atoms with van der Waals surface area (Å²) in [6.07, 6.45) is 1.40. The van der Waals surface area contributed by atoms with Gasteiger partial charge in [-0.15, -0.1) is 0 Å². The number of amidine groups is 1. The number of aliphatic imine (C=N–C) groups is 1. The first-order valence-electron chi connectivity index (χ1n) is 5.57. The first kappa shape index (κ1) is 12.6. The molecule has 6 heteroatoms. The summed E-state index contributed by atoms with van der Waals surface area (Å²) in [5.74, 6) is 0.308. The van der Waals surface area contributed by atoms with Gasteiger partial charge >= 0.3 is 0 Å². The van der Waals surface area contributed by atoms with Crippen LogP contribution in [-0.4, -0.2) is 20.9 Å².